The molecule has 1 heterocycles. The van der Waals surface area contributed by atoms with E-state index in [2.05, 4.69) is 63.2 Å². The molecular weight excluding hydrogens is 256 g/mol. The van der Waals surface area contributed by atoms with E-state index in [9.17, 15) is 0 Å². The summed E-state index contributed by atoms with van der Waals surface area (Å²) in [6.45, 7) is 6.80. The molecule has 4 aromatic rings. The molecule has 3 aromatic carbocycles. The molecule has 0 spiro atoms. The fraction of sp³-hybridized carbons (Fsp3) is 0.200. The van der Waals surface area contributed by atoms with Crippen molar-refractivity contribution in [3.63, 3.8) is 0 Å². The molecule has 21 heavy (non-hydrogen) atoms. The molecule has 0 bridgehead atoms. The van der Waals surface area contributed by atoms with E-state index in [1.807, 2.05) is 12.1 Å². The molecule has 0 amide bonds. The topological polar surface area (TPSA) is 13.1 Å². The minimum atomic E-state index is 0.103. The first kappa shape index (κ1) is 12.5. The second kappa shape index (κ2) is 4.11. The van der Waals surface area contributed by atoms with Gasteiger partial charge in [-0.05, 0) is 28.5 Å². The van der Waals surface area contributed by atoms with Crippen molar-refractivity contribution >= 4 is 32.7 Å². The third-order valence-electron chi connectivity index (χ3n) is 4.19. The molecule has 4 rings (SSSR count). The summed E-state index contributed by atoms with van der Waals surface area (Å²) in [5.41, 5.74) is 3.44. The largest absolute Gasteiger partial charge is 0.455 e. The van der Waals surface area contributed by atoms with Crippen molar-refractivity contribution in [3.8, 4) is 0 Å². The Kier molecular flexibility index (Phi) is 2.44. The number of furan rings is 1. The lowest BCUT2D eigenvalue weighted by atomic mass is 9.82. The highest BCUT2D eigenvalue weighted by Gasteiger charge is 2.20. The first-order valence-electron chi connectivity index (χ1n) is 7.39. The highest BCUT2D eigenvalue weighted by molar-refractivity contribution is 6.16. The quantitative estimate of drug-likeness (QED) is 0.381. The maximum Gasteiger partial charge on any atom is 0.143 e. The Morgan fingerprint density at radius 1 is 0.714 bits per heavy atom. The summed E-state index contributed by atoms with van der Waals surface area (Å²) in [5, 5.41) is 4.91. The van der Waals surface area contributed by atoms with Crippen molar-refractivity contribution in [2.45, 2.75) is 26.2 Å². The van der Waals surface area contributed by atoms with Gasteiger partial charge in [0.15, 0.2) is 0 Å². The number of hydrogen-bond donors (Lipinski definition) is 0. The molecule has 0 radical (unpaired) electrons. The fourth-order valence-corrected chi connectivity index (χ4v) is 3.17. The van der Waals surface area contributed by atoms with Crippen LogP contribution >= 0.6 is 0 Å². The van der Waals surface area contributed by atoms with Gasteiger partial charge in [0, 0.05) is 16.2 Å². The van der Waals surface area contributed by atoms with Gasteiger partial charge in [-0.1, -0.05) is 63.2 Å². The second-order valence-corrected chi connectivity index (χ2v) is 6.69. The van der Waals surface area contributed by atoms with Gasteiger partial charge in [0.05, 0.1) is 0 Å². The molecule has 0 atom stereocenters. The van der Waals surface area contributed by atoms with Crippen LogP contribution in [0.3, 0.4) is 0 Å². The van der Waals surface area contributed by atoms with Crippen LogP contribution < -0.4 is 0 Å². The van der Waals surface area contributed by atoms with Crippen LogP contribution in [0.2, 0.25) is 0 Å². The molecule has 0 unspecified atom stereocenters. The van der Waals surface area contributed by atoms with Crippen LogP contribution in [-0.2, 0) is 5.41 Å². The summed E-state index contributed by atoms with van der Waals surface area (Å²) in [5.74, 6) is 0. The normalized spacial score (nSPS) is 12.5. The molecule has 0 aliphatic carbocycles. The minimum absolute atomic E-state index is 0.103. The van der Waals surface area contributed by atoms with E-state index < -0.39 is 0 Å². The zero-order chi connectivity index (χ0) is 14.6. The SMILES string of the molecule is CC(C)(C)c1cc2c3ccccc3oc2c2ccccc12. The van der Waals surface area contributed by atoms with Gasteiger partial charge in [0.25, 0.3) is 0 Å². The molecule has 104 valence electrons. The molecule has 0 aliphatic rings. The van der Waals surface area contributed by atoms with Crippen LogP contribution in [0.4, 0.5) is 0 Å². The first-order chi connectivity index (χ1) is 10.1. The third-order valence-corrected chi connectivity index (χ3v) is 4.19. The number of benzene rings is 3. The smallest absolute Gasteiger partial charge is 0.143 e. The van der Waals surface area contributed by atoms with Gasteiger partial charge in [-0.3, -0.25) is 0 Å². The lowest BCUT2D eigenvalue weighted by Crippen LogP contribution is -2.11. The van der Waals surface area contributed by atoms with Gasteiger partial charge in [0.1, 0.15) is 11.2 Å². The maximum atomic E-state index is 6.13. The Labute approximate surface area is 124 Å². The van der Waals surface area contributed by atoms with E-state index in [0.717, 1.165) is 11.2 Å². The van der Waals surface area contributed by atoms with E-state index >= 15 is 0 Å². The molecular formula is C20H18O. The van der Waals surface area contributed by atoms with E-state index in [1.165, 1.54) is 27.1 Å². The van der Waals surface area contributed by atoms with Gasteiger partial charge >= 0.3 is 0 Å². The summed E-state index contributed by atoms with van der Waals surface area (Å²) >= 11 is 0. The Bertz CT molecular complexity index is 968. The lowest BCUT2D eigenvalue weighted by molar-refractivity contribution is 0.596. The molecule has 1 nitrogen and oxygen atoms in total. The standard InChI is InChI=1S/C20H18O/c1-20(2,3)17-12-16-14-9-6-7-11-18(14)21-19(16)15-10-5-4-8-13(15)17/h4-12H,1-3H3. The highest BCUT2D eigenvalue weighted by atomic mass is 16.3. The first-order valence-corrected chi connectivity index (χ1v) is 7.39. The monoisotopic (exact) mass is 274 g/mol. The molecule has 0 saturated heterocycles. The molecule has 0 fully saturated rings. The van der Waals surface area contributed by atoms with Crippen molar-refractivity contribution in [2.24, 2.45) is 0 Å². The molecule has 1 aromatic heterocycles. The molecule has 1 heteroatoms. The molecule has 0 aliphatic heterocycles. The average molecular weight is 274 g/mol. The zero-order valence-corrected chi connectivity index (χ0v) is 12.6. The van der Waals surface area contributed by atoms with Crippen LogP contribution in [0.15, 0.2) is 59.0 Å². The van der Waals surface area contributed by atoms with Crippen LogP contribution in [0, 0.1) is 0 Å². The van der Waals surface area contributed by atoms with Crippen LogP contribution in [0.5, 0.6) is 0 Å². The Hall–Kier alpha value is -2.28. The third kappa shape index (κ3) is 1.77. The van der Waals surface area contributed by atoms with Crippen molar-refractivity contribution in [1.29, 1.82) is 0 Å². The molecule has 0 N–H and O–H groups in total. The predicted molar refractivity (Wildman–Crippen MR) is 89.9 cm³/mol. The van der Waals surface area contributed by atoms with Crippen molar-refractivity contribution < 1.29 is 4.42 Å². The van der Waals surface area contributed by atoms with Crippen molar-refractivity contribution in [1.82, 2.24) is 0 Å². The van der Waals surface area contributed by atoms with Crippen LogP contribution in [0.1, 0.15) is 26.3 Å². The van der Waals surface area contributed by atoms with Crippen LogP contribution in [0.25, 0.3) is 32.7 Å². The van der Waals surface area contributed by atoms with Crippen LogP contribution in [-0.4, -0.2) is 0 Å². The summed E-state index contributed by atoms with van der Waals surface area (Å²) in [4.78, 5) is 0. The van der Waals surface area contributed by atoms with E-state index in [1.54, 1.807) is 0 Å². The van der Waals surface area contributed by atoms with Gasteiger partial charge in [0.2, 0.25) is 0 Å². The van der Waals surface area contributed by atoms with Crippen molar-refractivity contribution in [2.75, 3.05) is 0 Å². The summed E-state index contributed by atoms with van der Waals surface area (Å²) < 4.78 is 6.13. The molecule has 0 saturated carbocycles. The Morgan fingerprint density at radius 3 is 2.05 bits per heavy atom. The second-order valence-electron chi connectivity index (χ2n) is 6.69. The lowest BCUT2D eigenvalue weighted by Gasteiger charge is -2.21. The fourth-order valence-electron chi connectivity index (χ4n) is 3.17. The number of hydrogen-bond acceptors (Lipinski definition) is 1. The minimum Gasteiger partial charge on any atom is -0.455 e. The summed E-state index contributed by atoms with van der Waals surface area (Å²) in [6, 6.07) is 19.1. The predicted octanol–water partition coefficient (Wildman–Crippen LogP) is 6.04. The van der Waals surface area contributed by atoms with Crippen molar-refractivity contribution in [3.05, 3.63) is 60.2 Å². The van der Waals surface area contributed by atoms with E-state index in [4.69, 9.17) is 4.42 Å². The van der Waals surface area contributed by atoms with Gasteiger partial charge < -0.3 is 4.42 Å². The summed E-state index contributed by atoms with van der Waals surface area (Å²) in [7, 11) is 0. The number of fused-ring (bicyclic) bond motifs is 5. The Balaban J connectivity index is 2.30. The van der Waals surface area contributed by atoms with Gasteiger partial charge in [-0.2, -0.15) is 0 Å². The zero-order valence-electron chi connectivity index (χ0n) is 12.6. The average Bonchev–Trinajstić information content (AvgIpc) is 2.84. The van der Waals surface area contributed by atoms with Gasteiger partial charge in [-0.25, -0.2) is 0 Å². The Morgan fingerprint density at radius 2 is 1.33 bits per heavy atom. The van der Waals surface area contributed by atoms with E-state index in [-0.39, 0.29) is 5.41 Å². The number of para-hydroxylation sites is 1. The van der Waals surface area contributed by atoms with Gasteiger partial charge in [-0.15, -0.1) is 0 Å². The highest BCUT2D eigenvalue weighted by Crippen LogP contribution is 2.39. The maximum absolute atomic E-state index is 6.13. The summed E-state index contributed by atoms with van der Waals surface area (Å²) in [6.07, 6.45) is 0. The number of rotatable bonds is 0. The van der Waals surface area contributed by atoms with E-state index in [0.29, 0.717) is 0 Å².